The van der Waals surface area contributed by atoms with E-state index in [1.807, 2.05) is 64.1 Å². The molecule has 0 unspecified atom stereocenters. The van der Waals surface area contributed by atoms with Gasteiger partial charge in [0.1, 0.15) is 17.2 Å². The molecule has 6 nitrogen and oxygen atoms in total. The zero-order valence-corrected chi connectivity index (χ0v) is 19.5. The molecule has 0 bridgehead atoms. The Morgan fingerprint density at radius 2 is 1.45 bits per heavy atom. The minimum Gasteiger partial charge on any atom is -0.481 e. The summed E-state index contributed by atoms with van der Waals surface area (Å²) in [5.74, 6) is 1.53. The minimum atomic E-state index is -1.13. The molecule has 1 N–H and O–H groups in total. The van der Waals surface area contributed by atoms with E-state index in [0.29, 0.717) is 12.2 Å². The summed E-state index contributed by atoms with van der Waals surface area (Å²) in [5.41, 5.74) is 1.07. The molecule has 0 fully saturated rings. The number of hydrogen-bond acceptors (Lipinski definition) is 5. The van der Waals surface area contributed by atoms with E-state index in [-0.39, 0.29) is 17.1 Å². The standard InChI is InChI=1S/C27H30O6/c1-5-20(6-2)32-22-12-9-19(10-13-22)11-16-25(28)24-15-14-23(33-21(7-3)8-4)17-26(24)31-18-27(29)30/h5,7,9-17H,6,8,18H2,1-4H3,(H,29,30). The second-order valence-electron chi connectivity index (χ2n) is 7.03. The lowest BCUT2D eigenvalue weighted by atomic mass is 10.1. The van der Waals surface area contributed by atoms with E-state index in [2.05, 4.69) is 0 Å². The molecular weight excluding hydrogens is 420 g/mol. The number of hydrogen-bond donors (Lipinski definition) is 1. The molecule has 2 aromatic carbocycles. The van der Waals surface area contributed by atoms with Crippen LogP contribution >= 0.6 is 0 Å². The van der Waals surface area contributed by atoms with Gasteiger partial charge in [0.15, 0.2) is 12.4 Å². The predicted molar refractivity (Wildman–Crippen MR) is 129 cm³/mol. The van der Waals surface area contributed by atoms with Gasteiger partial charge in [0.2, 0.25) is 0 Å². The molecule has 0 spiro atoms. The molecule has 0 amide bonds. The first kappa shape index (κ1) is 25.5. The quantitative estimate of drug-likeness (QED) is 0.228. The Hall–Kier alpha value is -3.80. The van der Waals surface area contributed by atoms with Crippen molar-refractivity contribution in [1.82, 2.24) is 0 Å². The van der Waals surface area contributed by atoms with Crippen LogP contribution in [0.2, 0.25) is 0 Å². The van der Waals surface area contributed by atoms with E-state index in [1.165, 1.54) is 12.1 Å². The summed E-state index contributed by atoms with van der Waals surface area (Å²) in [7, 11) is 0. The van der Waals surface area contributed by atoms with Crippen LogP contribution in [0, 0.1) is 0 Å². The number of allylic oxidation sites excluding steroid dienone is 5. The zero-order valence-electron chi connectivity index (χ0n) is 19.5. The van der Waals surface area contributed by atoms with Crippen LogP contribution in [0.25, 0.3) is 6.08 Å². The van der Waals surface area contributed by atoms with Crippen LogP contribution < -0.4 is 14.2 Å². The Bertz CT molecular complexity index is 1040. The van der Waals surface area contributed by atoms with Gasteiger partial charge < -0.3 is 19.3 Å². The fraction of sp³-hybridized carbons (Fsp3) is 0.259. The molecule has 2 aromatic rings. The maximum atomic E-state index is 12.8. The summed E-state index contributed by atoms with van der Waals surface area (Å²) in [6.07, 6.45) is 8.38. The van der Waals surface area contributed by atoms with E-state index in [9.17, 15) is 9.59 Å². The van der Waals surface area contributed by atoms with E-state index < -0.39 is 12.6 Å². The molecule has 0 saturated carbocycles. The Morgan fingerprint density at radius 1 is 0.879 bits per heavy atom. The van der Waals surface area contributed by atoms with Gasteiger partial charge in [0, 0.05) is 18.9 Å². The van der Waals surface area contributed by atoms with Gasteiger partial charge in [-0.15, -0.1) is 0 Å². The first-order chi connectivity index (χ1) is 15.9. The lowest BCUT2D eigenvalue weighted by Crippen LogP contribution is -2.12. The Morgan fingerprint density at radius 3 is 2.00 bits per heavy atom. The van der Waals surface area contributed by atoms with Gasteiger partial charge in [-0.2, -0.15) is 0 Å². The normalized spacial score (nSPS) is 12.0. The van der Waals surface area contributed by atoms with Gasteiger partial charge in [-0.05, 0) is 61.9 Å². The molecule has 0 aliphatic carbocycles. The predicted octanol–water partition coefficient (Wildman–Crippen LogP) is 6.43. The zero-order chi connectivity index (χ0) is 24.2. The number of carboxylic acid groups (broad SMARTS) is 1. The number of benzene rings is 2. The van der Waals surface area contributed by atoms with Crippen molar-refractivity contribution in [2.24, 2.45) is 0 Å². The number of carbonyl (C=O) groups is 2. The van der Waals surface area contributed by atoms with Crippen molar-refractivity contribution in [2.75, 3.05) is 6.61 Å². The third kappa shape index (κ3) is 8.00. The average molecular weight is 451 g/mol. The SMILES string of the molecule is CC=C(CC)Oc1ccc(C=CC(=O)c2ccc(OC(=CC)CC)cc2OCC(=O)O)cc1. The smallest absolute Gasteiger partial charge is 0.341 e. The van der Waals surface area contributed by atoms with Crippen molar-refractivity contribution in [3.8, 4) is 17.2 Å². The first-order valence-electron chi connectivity index (χ1n) is 10.9. The van der Waals surface area contributed by atoms with Crippen molar-refractivity contribution >= 4 is 17.8 Å². The molecule has 0 aromatic heterocycles. The largest absolute Gasteiger partial charge is 0.481 e. The molecule has 6 heteroatoms. The van der Waals surface area contributed by atoms with Crippen molar-refractivity contribution in [1.29, 1.82) is 0 Å². The van der Waals surface area contributed by atoms with Crippen LogP contribution in [0.1, 0.15) is 56.5 Å². The highest BCUT2D eigenvalue weighted by Crippen LogP contribution is 2.28. The summed E-state index contributed by atoms with van der Waals surface area (Å²) in [6.45, 7) is 7.21. The maximum absolute atomic E-state index is 12.8. The molecule has 174 valence electrons. The van der Waals surface area contributed by atoms with Crippen molar-refractivity contribution in [3.05, 3.63) is 83.3 Å². The summed E-state index contributed by atoms with van der Waals surface area (Å²) in [5, 5.41) is 8.98. The molecule has 0 heterocycles. The van der Waals surface area contributed by atoms with Crippen LogP contribution in [-0.2, 0) is 4.79 Å². The van der Waals surface area contributed by atoms with Gasteiger partial charge in [-0.3, -0.25) is 4.79 Å². The van der Waals surface area contributed by atoms with Crippen LogP contribution in [0.15, 0.2) is 72.2 Å². The number of carbonyl (C=O) groups excluding carboxylic acids is 1. The maximum Gasteiger partial charge on any atom is 0.341 e. The first-order valence-corrected chi connectivity index (χ1v) is 10.9. The van der Waals surface area contributed by atoms with Gasteiger partial charge in [-0.1, -0.05) is 32.1 Å². The third-order valence-electron chi connectivity index (χ3n) is 4.72. The van der Waals surface area contributed by atoms with E-state index in [1.54, 1.807) is 18.2 Å². The molecule has 0 aliphatic heterocycles. The van der Waals surface area contributed by atoms with Crippen molar-refractivity contribution in [2.45, 2.75) is 40.5 Å². The van der Waals surface area contributed by atoms with E-state index >= 15 is 0 Å². The monoisotopic (exact) mass is 450 g/mol. The molecule has 0 atom stereocenters. The lowest BCUT2D eigenvalue weighted by Gasteiger charge is -2.12. The van der Waals surface area contributed by atoms with Gasteiger partial charge in [-0.25, -0.2) is 4.79 Å². The summed E-state index contributed by atoms with van der Waals surface area (Å²) in [6, 6.07) is 12.1. The Kier molecular flexibility index (Phi) is 9.96. The Balaban J connectivity index is 2.20. The molecule has 2 rings (SSSR count). The fourth-order valence-electron chi connectivity index (χ4n) is 2.91. The minimum absolute atomic E-state index is 0.151. The highest BCUT2D eigenvalue weighted by atomic mass is 16.5. The highest BCUT2D eigenvalue weighted by Gasteiger charge is 2.14. The summed E-state index contributed by atoms with van der Waals surface area (Å²) < 4.78 is 16.9. The molecule has 0 radical (unpaired) electrons. The van der Waals surface area contributed by atoms with Crippen LogP contribution in [0.4, 0.5) is 0 Å². The van der Waals surface area contributed by atoms with Gasteiger partial charge in [0.25, 0.3) is 0 Å². The number of rotatable bonds is 12. The molecular formula is C27H30O6. The second kappa shape index (κ2) is 12.9. The highest BCUT2D eigenvalue weighted by molar-refractivity contribution is 6.08. The van der Waals surface area contributed by atoms with Crippen molar-refractivity contribution < 1.29 is 28.9 Å². The summed E-state index contributed by atoms with van der Waals surface area (Å²) >= 11 is 0. The van der Waals surface area contributed by atoms with Crippen LogP contribution in [-0.4, -0.2) is 23.5 Å². The number of ether oxygens (including phenoxy) is 3. The van der Waals surface area contributed by atoms with Crippen molar-refractivity contribution in [3.63, 3.8) is 0 Å². The molecule has 33 heavy (non-hydrogen) atoms. The topological polar surface area (TPSA) is 82.1 Å². The van der Waals surface area contributed by atoms with Gasteiger partial charge >= 0.3 is 5.97 Å². The van der Waals surface area contributed by atoms with Gasteiger partial charge in [0.05, 0.1) is 17.1 Å². The second-order valence-corrected chi connectivity index (χ2v) is 7.03. The van der Waals surface area contributed by atoms with Crippen LogP contribution in [0.5, 0.6) is 17.2 Å². The fourth-order valence-corrected chi connectivity index (χ4v) is 2.91. The number of ketones is 1. The van der Waals surface area contributed by atoms with E-state index in [0.717, 1.165) is 29.3 Å². The number of carboxylic acids is 1. The Labute approximate surface area is 194 Å². The molecule has 0 aliphatic rings. The lowest BCUT2D eigenvalue weighted by molar-refractivity contribution is -0.139. The molecule has 0 saturated heterocycles. The summed E-state index contributed by atoms with van der Waals surface area (Å²) in [4.78, 5) is 23.8. The third-order valence-corrected chi connectivity index (χ3v) is 4.72. The van der Waals surface area contributed by atoms with Crippen LogP contribution in [0.3, 0.4) is 0 Å². The number of aliphatic carboxylic acids is 1. The van der Waals surface area contributed by atoms with E-state index in [4.69, 9.17) is 19.3 Å². The average Bonchev–Trinajstić information content (AvgIpc) is 2.83.